The molecular formula is C26H20F4N4O3. The number of halogens is 4. The summed E-state index contributed by atoms with van der Waals surface area (Å²) in [5.41, 5.74) is 6.95. The van der Waals surface area contributed by atoms with E-state index in [0.29, 0.717) is 22.3 Å². The molecule has 11 heteroatoms. The zero-order chi connectivity index (χ0) is 26.7. The third-order valence-corrected chi connectivity index (χ3v) is 5.61. The molecule has 0 aliphatic carbocycles. The van der Waals surface area contributed by atoms with Crippen molar-refractivity contribution >= 4 is 28.4 Å². The van der Waals surface area contributed by atoms with Gasteiger partial charge >= 0.3 is 6.36 Å². The molecule has 0 saturated heterocycles. The molecule has 1 amide bonds. The number of carbonyl (C=O) groups excluding carboxylic acids is 2. The molecule has 0 spiro atoms. The minimum Gasteiger partial charge on any atom is -0.406 e. The summed E-state index contributed by atoms with van der Waals surface area (Å²) in [6.45, 7) is 1.81. The standard InChI is InChI=1S/C26H20F4N4O3/c1-14(34-25-20-4-2-3-19(24(31)36)23(20)32-13-33-25)16-7-10-21(27)17(11-16)12-22(35)15-5-8-18(9-6-15)37-26(28,29)30/h2-11,13-14H,12H2,1H3,(H2,31,36)(H,32,33,34)/t14-/m1/s1. The van der Waals surface area contributed by atoms with E-state index in [1.54, 1.807) is 24.3 Å². The second-order valence-electron chi connectivity index (χ2n) is 8.18. The monoisotopic (exact) mass is 512 g/mol. The van der Waals surface area contributed by atoms with Gasteiger partial charge in [0.05, 0.1) is 11.1 Å². The Morgan fingerprint density at radius 3 is 2.46 bits per heavy atom. The number of amides is 1. The molecule has 4 aromatic rings. The quantitative estimate of drug-likeness (QED) is 0.243. The Hall–Kier alpha value is -4.54. The van der Waals surface area contributed by atoms with Crippen molar-refractivity contribution in [2.75, 3.05) is 5.32 Å². The number of Topliss-reactive ketones (excluding diaryl/α,β-unsaturated/α-hetero) is 1. The van der Waals surface area contributed by atoms with Crippen molar-refractivity contribution < 1.29 is 31.9 Å². The molecule has 0 unspecified atom stereocenters. The lowest BCUT2D eigenvalue weighted by atomic mass is 9.98. The molecule has 0 radical (unpaired) electrons. The van der Waals surface area contributed by atoms with Gasteiger partial charge in [-0.3, -0.25) is 9.59 Å². The highest BCUT2D eigenvalue weighted by molar-refractivity contribution is 6.06. The Labute approximate surface area is 208 Å². The number of ether oxygens (including phenoxy) is 1. The van der Waals surface area contributed by atoms with Crippen LogP contribution in [0.3, 0.4) is 0 Å². The summed E-state index contributed by atoms with van der Waals surface area (Å²) in [6.07, 6.45) is -3.85. The molecule has 0 aliphatic heterocycles. The fourth-order valence-corrected chi connectivity index (χ4v) is 3.81. The maximum Gasteiger partial charge on any atom is 0.573 e. The number of anilines is 1. The van der Waals surface area contributed by atoms with Crippen molar-refractivity contribution in [3.05, 3.63) is 95.1 Å². The average Bonchev–Trinajstić information content (AvgIpc) is 2.84. The number of hydrogen-bond acceptors (Lipinski definition) is 6. The maximum atomic E-state index is 14.5. The van der Waals surface area contributed by atoms with Gasteiger partial charge in [0, 0.05) is 23.4 Å². The van der Waals surface area contributed by atoms with Gasteiger partial charge in [0.15, 0.2) is 5.78 Å². The van der Waals surface area contributed by atoms with E-state index < -0.39 is 29.6 Å². The van der Waals surface area contributed by atoms with Crippen LogP contribution in [0.25, 0.3) is 10.9 Å². The van der Waals surface area contributed by atoms with Gasteiger partial charge in [-0.25, -0.2) is 14.4 Å². The molecule has 37 heavy (non-hydrogen) atoms. The highest BCUT2D eigenvalue weighted by atomic mass is 19.4. The highest BCUT2D eigenvalue weighted by Crippen LogP contribution is 2.27. The topological polar surface area (TPSA) is 107 Å². The summed E-state index contributed by atoms with van der Waals surface area (Å²) in [7, 11) is 0. The number of alkyl halides is 3. The van der Waals surface area contributed by atoms with Crippen LogP contribution in [-0.4, -0.2) is 28.0 Å². The lowest BCUT2D eigenvalue weighted by Gasteiger charge is -2.18. The van der Waals surface area contributed by atoms with Crippen LogP contribution in [0.15, 0.2) is 67.0 Å². The molecule has 1 aromatic heterocycles. The van der Waals surface area contributed by atoms with Crippen LogP contribution in [0.2, 0.25) is 0 Å². The Bertz CT molecular complexity index is 1470. The Morgan fingerprint density at radius 2 is 1.78 bits per heavy atom. The van der Waals surface area contributed by atoms with Crippen molar-refractivity contribution in [3.8, 4) is 5.75 Å². The first-order valence-electron chi connectivity index (χ1n) is 11.0. The summed E-state index contributed by atoms with van der Waals surface area (Å²) in [5.74, 6) is -1.73. The van der Waals surface area contributed by atoms with Gasteiger partial charge in [0.1, 0.15) is 23.7 Å². The number of para-hydroxylation sites is 1. The SMILES string of the molecule is C[C@@H](Nc1ncnc2c(C(N)=O)cccc12)c1ccc(F)c(CC(=O)c2ccc(OC(F)(F)F)cc2)c1. The van der Waals surface area contributed by atoms with E-state index in [0.717, 1.165) is 12.1 Å². The number of nitrogens with zero attached hydrogens (tertiary/aromatic N) is 2. The predicted octanol–water partition coefficient (Wildman–Crippen LogP) is 5.36. The number of aromatic nitrogens is 2. The normalized spacial score (nSPS) is 12.2. The molecule has 7 nitrogen and oxygen atoms in total. The molecule has 0 aliphatic rings. The van der Waals surface area contributed by atoms with E-state index in [2.05, 4.69) is 20.0 Å². The summed E-state index contributed by atoms with van der Waals surface area (Å²) < 4.78 is 55.3. The smallest absolute Gasteiger partial charge is 0.406 e. The van der Waals surface area contributed by atoms with E-state index in [-0.39, 0.29) is 29.2 Å². The van der Waals surface area contributed by atoms with Crippen molar-refractivity contribution in [2.45, 2.75) is 25.7 Å². The molecule has 190 valence electrons. The fourth-order valence-electron chi connectivity index (χ4n) is 3.81. The first-order valence-corrected chi connectivity index (χ1v) is 11.0. The molecule has 0 fully saturated rings. The molecule has 4 rings (SSSR count). The zero-order valence-corrected chi connectivity index (χ0v) is 19.3. The molecule has 0 saturated carbocycles. The number of carbonyl (C=O) groups is 2. The molecule has 0 bridgehead atoms. The number of rotatable bonds is 8. The van der Waals surface area contributed by atoms with Gasteiger partial charge in [-0.05, 0) is 60.5 Å². The minimum absolute atomic E-state index is 0.114. The van der Waals surface area contributed by atoms with Crippen molar-refractivity contribution in [1.29, 1.82) is 0 Å². The van der Waals surface area contributed by atoms with E-state index >= 15 is 0 Å². The van der Waals surface area contributed by atoms with Crippen LogP contribution in [0, 0.1) is 5.82 Å². The Balaban J connectivity index is 1.53. The van der Waals surface area contributed by atoms with Gasteiger partial charge in [-0.2, -0.15) is 0 Å². The fraction of sp³-hybridized carbons (Fsp3) is 0.154. The van der Waals surface area contributed by atoms with Gasteiger partial charge in [0.2, 0.25) is 0 Å². The number of nitrogens with one attached hydrogen (secondary N) is 1. The van der Waals surface area contributed by atoms with E-state index in [4.69, 9.17) is 5.73 Å². The van der Waals surface area contributed by atoms with Crippen molar-refractivity contribution in [1.82, 2.24) is 9.97 Å². The summed E-state index contributed by atoms with van der Waals surface area (Å²) >= 11 is 0. The van der Waals surface area contributed by atoms with Gasteiger partial charge in [0.25, 0.3) is 5.91 Å². The maximum absolute atomic E-state index is 14.5. The van der Waals surface area contributed by atoms with Gasteiger partial charge < -0.3 is 15.8 Å². The lowest BCUT2D eigenvalue weighted by molar-refractivity contribution is -0.274. The van der Waals surface area contributed by atoms with Crippen LogP contribution in [0.4, 0.5) is 23.4 Å². The summed E-state index contributed by atoms with van der Waals surface area (Å²) in [6, 6.07) is 13.3. The van der Waals surface area contributed by atoms with Crippen LogP contribution in [0.1, 0.15) is 44.8 Å². The van der Waals surface area contributed by atoms with Crippen LogP contribution >= 0.6 is 0 Å². The first-order chi connectivity index (χ1) is 17.5. The third kappa shape index (κ3) is 6.00. The second kappa shape index (κ2) is 10.2. The minimum atomic E-state index is -4.85. The van der Waals surface area contributed by atoms with E-state index in [1.807, 2.05) is 6.92 Å². The molecular weight excluding hydrogens is 492 g/mol. The van der Waals surface area contributed by atoms with E-state index in [1.165, 1.54) is 30.6 Å². The molecule has 1 heterocycles. The van der Waals surface area contributed by atoms with Gasteiger partial charge in [-0.15, -0.1) is 13.2 Å². The first kappa shape index (κ1) is 25.5. The zero-order valence-electron chi connectivity index (χ0n) is 19.3. The Morgan fingerprint density at radius 1 is 1.05 bits per heavy atom. The number of fused-ring (bicyclic) bond motifs is 1. The third-order valence-electron chi connectivity index (χ3n) is 5.61. The number of ketones is 1. The predicted molar refractivity (Wildman–Crippen MR) is 128 cm³/mol. The van der Waals surface area contributed by atoms with Gasteiger partial charge in [-0.1, -0.05) is 18.2 Å². The molecule has 3 aromatic carbocycles. The van der Waals surface area contributed by atoms with Crippen LogP contribution in [0.5, 0.6) is 5.75 Å². The number of hydrogen-bond donors (Lipinski definition) is 2. The molecule has 1 atom stereocenters. The van der Waals surface area contributed by atoms with Crippen LogP contribution < -0.4 is 15.8 Å². The van der Waals surface area contributed by atoms with E-state index in [9.17, 15) is 27.2 Å². The largest absolute Gasteiger partial charge is 0.573 e. The average molecular weight is 512 g/mol. The lowest BCUT2D eigenvalue weighted by Crippen LogP contribution is -2.17. The molecule has 3 N–H and O–H groups in total. The summed E-state index contributed by atoms with van der Waals surface area (Å²) in [4.78, 5) is 32.8. The summed E-state index contributed by atoms with van der Waals surface area (Å²) in [5, 5.41) is 3.78. The highest BCUT2D eigenvalue weighted by Gasteiger charge is 2.31. The number of primary amides is 1. The number of benzene rings is 3. The number of nitrogens with two attached hydrogens (primary N) is 1. The van der Waals surface area contributed by atoms with Crippen LogP contribution in [-0.2, 0) is 6.42 Å². The second-order valence-corrected chi connectivity index (χ2v) is 8.18. The van der Waals surface area contributed by atoms with Crippen molar-refractivity contribution in [2.24, 2.45) is 5.73 Å². The van der Waals surface area contributed by atoms with Crippen molar-refractivity contribution in [3.63, 3.8) is 0 Å². The Kier molecular flexibility index (Phi) is 7.05.